The Morgan fingerprint density at radius 2 is 1.00 bits per heavy atom. The molecule has 0 fully saturated rings. The highest BCUT2D eigenvalue weighted by Crippen LogP contribution is 2.42. The number of pyridine rings is 1. The van der Waals surface area contributed by atoms with E-state index in [-0.39, 0.29) is 0 Å². The van der Waals surface area contributed by atoms with Crippen molar-refractivity contribution in [1.82, 2.24) is 23.7 Å². The Kier molecular flexibility index (Phi) is 8.07. The third kappa shape index (κ3) is 5.32. The van der Waals surface area contributed by atoms with Gasteiger partial charge >= 0.3 is 0 Å². The molecular formula is C50H42N6. The molecule has 0 aliphatic rings. The van der Waals surface area contributed by atoms with Crippen LogP contribution in [0.2, 0.25) is 0 Å². The molecule has 0 spiro atoms. The second-order valence-corrected chi connectivity index (χ2v) is 15.2. The number of fused-ring (bicyclic) bond motifs is 6. The summed E-state index contributed by atoms with van der Waals surface area (Å²) in [5.41, 5.74) is 11.5. The summed E-state index contributed by atoms with van der Waals surface area (Å²) in [6.07, 6.45) is 5.92. The van der Waals surface area contributed by atoms with Gasteiger partial charge in [-0.1, -0.05) is 119 Å². The zero-order valence-electron chi connectivity index (χ0n) is 32.0. The van der Waals surface area contributed by atoms with Crippen molar-refractivity contribution in [3.8, 4) is 17.5 Å². The smallest absolute Gasteiger partial charge is 0.219 e. The van der Waals surface area contributed by atoms with E-state index in [1.54, 1.807) is 0 Å². The molecule has 6 nitrogen and oxygen atoms in total. The fourth-order valence-electron chi connectivity index (χ4n) is 8.59. The van der Waals surface area contributed by atoms with E-state index < -0.39 is 0 Å². The summed E-state index contributed by atoms with van der Waals surface area (Å²) in [6.45, 7) is 9.10. The molecule has 0 aliphatic heterocycles. The first-order valence-corrected chi connectivity index (χ1v) is 19.5. The highest BCUT2D eigenvalue weighted by Gasteiger charge is 2.23. The van der Waals surface area contributed by atoms with Crippen molar-refractivity contribution in [2.45, 2.75) is 39.5 Å². The van der Waals surface area contributed by atoms with Gasteiger partial charge in [-0.25, -0.2) is 9.97 Å². The van der Waals surface area contributed by atoms with E-state index in [9.17, 15) is 0 Å². The van der Waals surface area contributed by atoms with Crippen LogP contribution in [0.4, 0.5) is 17.1 Å². The molecule has 10 rings (SSSR count). The van der Waals surface area contributed by atoms with Crippen LogP contribution in [0.1, 0.15) is 50.7 Å². The third-order valence-corrected chi connectivity index (χ3v) is 11.1. The van der Waals surface area contributed by atoms with Gasteiger partial charge in [-0.3, -0.25) is 13.7 Å². The molecule has 0 radical (unpaired) electrons. The van der Waals surface area contributed by atoms with Crippen LogP contribution < -0.4 is 4.90 Å². The summed E-state index contributed by atoms with van der Waals surface area (Å²) in [5.74, 6) is 2.45. The lowest BCUT2D eigenvalue weighted by atomic mass is 9.92. The van der Waals surface area contributed by atoms with Crippen LogP contribution in [-0.4, -0.2) is 23.7 Å². The largest absolute Gasteiger partial charge is 0.310 e. The summed E-state index contributed by atoms with van der Waals surface area (Å²) in [5, 5.41) is 4.76. The van der Waals surface area contributed by atoms with E-state index in [0.29, 0.717) is 11.8 Å². The maximum absolute atomic E-state index is 5.12. The van der Waals surface area contributed by atoms with E-state index in [0.717, 1.165) is 50.9 Å². The molecule has 6 heteroatoms. The predicted molar refractivity (Wildman–Crippen MR) is 233 cm³/mol. The van der Waals surface area contributed by atoms with Crippen LogP contribution >= 0.6 is 0 Å². The highest BCUT2D eigenvalue weighted by atomic mass is 15.2. The van der Waals surface area contributed by atoms with E-state index in [1.807, 2.05) is 24.5 Å². The van der Waals surface area contributed by atoms with Gasteiger partial charge in [0.15, 0.2) is 0 Å². The molecule has 0 saturated heterocycles. The Morgan fingerprint density at radius 3 is 1.61 bits per heavy atom. The van der Waals surface area contributed by atoms with Crippen LogP contribution in [0.25, 0.3) is 61.1 Å². The second-order valence-electron chi connectivity index (χ2n) is 15.2. The van der Waals surface area contributed by atoms with Gasteiger partial charge in [0.25, 0.3) is 0 Å². The van der Waals surface area contributed by atoms with E-state index in [4.69, 9.17) is 9.97 Å². The Hall–Kier alpha value is -6.92. The Bertz CT molecular complexity index is 3010. The second kappa shape index (κ2) is 13.4. The van der Waals surface area contributed by atoms with Gasteiger partial charge < -0.3 is 4.90 Å². The molecule has 0 unspecified atom stereocenters. The molecule has 0 N–H and O–H groups in total. The zero-order chi connectivity index (χ0) is 37.9. The van der Waals surface area contributed by atoms with Gasteiger partial charge in [0.2, 0.25) is 5.95 Å². The average molecular weight is 727 g/mol. The number of imidazole rings is 1. The van der Waals surface area contributed by atoms with E-state index in [1.165, 1.54) is 38.4 Å². The van der Waals surface area contributed by atoms with Crippen molar-refractivity contribution in [2.75, 3.05) is 4.90 Å². The molecule has 4 heterocycles. The molecular weight excluding hydrogens is 685 g/mol. The molecule has 0 saturated carbocycles. The Balaban J connectivity index is 1.23. The first-order chi connectivity index (χ1) is 27.5. The SMILES string of the molecule is CC(C)c1cccc(C(C)C)c1-n1ccnc1-n1c2ccccc2c2ccc(N(c3ccccc3)c3ccc4c5ccccc5n(-c5ccccn5)c4c3)cc21. The van der Waals surface area contributed by atoms with Crippen LogP contribution in [0.15, 0.2) is 170 Å². The van der Waals surface area contributed by atoms with Gasteiger partial charge in [0.05, 0.1) is 27.8 Å². The third-order valence-electron chi connectivity index (χ3n) is 11.1. The number of anilines is 3. The summed E-state index contributed by atoms with van der Waals surface area (Å²) in [7, 11) is 0. The first kappa shape index (κ1) is 33.6. The van der Waals surface area contributed by atoms with E-state index >= 15 is 0 Å². The van der Waals surface area contributed by atoms with Crippen LogP contribution in [-0.2, 0) is 0 Å². The number of hydrogen-bond donors (Lipinski definition) is 0. The monoisotopic (exact) mass is 726 g/mol. The summed E-state index contributed by atoms with van der Waals surface area (Å²) in [6, 6.07) is 54.4. The number of para-hydroxylation sites is 4. The van der Waals surface area contributed by atoms with Gasteiger partial charge in [0, 0.05) is 57.2 Å². The number of nitrogens with zero attached hydrogens (tertiary/aromatic N) is 6. The molecule has 56 heavy (non-hydrogen) atoms. The van der Waals surface area contributed by atoms with Crippen molar-refractivity contribution >= 4 is 60.7 Å². The van der Waals surface area contributed by atoms with E-state index in [2.05, 4.69) is 192 Å². The van der Waals surface area contributed by atoms with Crippen LogP contribution in [0.5, 0.6) is 0 Å². The van der Waals surface area contributed by atoms with Gasteiger partial charge in [-0.15, -0.1) is 0 Å². The quantitative estimate of drug-likeness (QED) is 0.157. The van der Waals surface area contributed by atoms with Crippen LogP contribution in [0.3, 0.4) is 0 Å². The molecule has 0 bridgehead atoms. The Morgan fingerprint density at radius 1 is 0.446 bits per heavy atom. The molecule has 6 aromatic carbocycles. The molecule has 10 aromatic rings. The number of benzene rings is 6. The van der Waals surface area contributed by atoms with Crippen molar-refractivity contribution in [2.24, 2.45) is 0 Å². The molecule has 0 amide bonds. The summed E-state index contributed by atoms with van der Waals surface area (Å²) >= 11 is 0. The minimum Gasteiger partial charge on any atom is -0.310 e. The van der Waals surface area contributed by atoms with Crippen LogP contribution in [0, 0.1) is 0 Å². The van der Waals surface area contributed by atoms with Gasteiger partial charge in [-0.05, 0) is 83.6 Å². The topological polar surface area (TPSA) is 43.8 Å². The molecule has 0 aliphatic carbocycles. The maximum atomic E-state index is 5.12. The standard InChI is InChI=1S/C50H42N6/c1-33(2)38-19-14-20-39(34(3)4)49(38)53-30-29-52-50(53)56-45-22-11-9-18-41(45)43-27-25-37(32-47(43)56)54(35-15-6-5-7-16-35)36-24-26-42-40-17-8-10-21-44(40)55(46(42)31-36)48-23-12-13-28-51-48/h5-34H,1-4H3. The fourth-order valence-corrected chi connectivity index (χ4v) is 8.59. The summed E-state index contributed by atoms with van der Waals surface area (Å²) in [4.78, 5) is 12.3. The minimum absolute atomic E-state index is 0.344. The molecule has 0 atom stereocenters. The Labute approximate surface area is 326 Å². The van der Waals surface area contributed by atoms with Crippen molar-refractivity contribution in [3.63, 3.8) is 0 Å². The number of aromatic nitrogens is 5. The zero-order valence-corrected chi connectivity index (χ0v) is 32.0. The molecule has 272 valence electrons. The van der Waals surface area contributed by atoms with Crippen molar-refractivity contribution in [3.05, 3.63) is 181 Å². The lowest BCUT2D eigenvalue weighted by Gasteiger charge is -2.26. The van der Waals surface area contributed by atoms with Gasteiger partial charge in [0.1, 0.15) is 5.82 Å². The van der Waals surface area contributed by atoms with Crippen molar-refractivity contribution < 1.29 is 0 Å². The average Bonchev–Trinajstić information content (AvgIpc) is 3.93. The number of hydrogen-bond acceptors (Lipinski definition) is 3. The first-order valence-electron chi connectivity index (χ1n) is 19.5. The lowest BCUT2D eigenvalue weighted by molar-refractivity contribution is 0.796. The highest BCUT2D eigenvalue weighted by molar-refractivity contribution is 6.12. The normalized spacial score (nSPS) is 11.9. The lowest BCUT2D eigenvalue weighted by Crippen LogP contribution is -2.12. The predicted octanol–water partition coefficient (Wildman–Crippen LogP) is 13.2. The van der Waals surface area contributed by atoms with Crippen molar-refractivity contribution in [1.29, 1.82) is 0 Å². The fraction of sp³-hybridized carbons (Fsp3) is 0.120. The molecule has 4 aromatic heterocycles. The van der Waals surface area contributed by atoms with Gasteiger partial charge in [-0.2, -0.15) is 0 Å². The minimum atomic E-state index is 0.344. The number of rotatable bonds is 8. The maximum Gasteiger partial charge on any atom is 0.219 e. The summed E-state index contributed by atoms with van der Waals surface area (Å²) < 4.78 is 6.93.